The van der Waals surface area contributed by atoms with E-state index in [9.17, 15) is 9.18 Å². The molecule has 0 saturated carbocycles. The Kier molecular flexibility index (Phi) is 7.06. The molecule has 7 rings (SSSR count). The number of aromatic nitrogens is 2. The van der Waals surface area contributed by atoms with E-state index in [1.165, 1.54) is 23.5 Å². The van der Waals surface area contributed by atoms with E-state index in [1.54, 1.807) is 20.3 Å². The highest BCUT2D eigenvalue weighted by Gasteiger charge is 2.27. The number of rotatable bonds is 6. The number of aryl methyl sites for hydroxylation is 1. The quantitative estimate of drug-likeness (QED) is 0.207. The topological polar surface area (TPSA) is 73.3 Å². The summed E-state index contributed by atoms with van der Waals surface area (Å²) in [6.07, 6.45) is 3.59. The number of hydrogen-bond donors (Lipinski definition) is 1. The summed E-state index contributed by atoms with van der Waals surface area (Å²) >= 11 is 1.51. The fourth-order valence-corrected chi connectivity index (χ4v) is 6.77. The minimum absolute atomic E-state index is 0.168. The van der Waals surface area contributed by atoms with Crippen molar-refractivity contribution in [1.29, 1.82) is 0 Å². The van der Waals surface area contributed by atoms with Crippen LogP contribution in [0.4, 0.5) is 10.1 Å². The Balaban J connectivity index is 1.23. The number of fused-ring (bicyclic) bond motifs is 3. The first kappa shape index (κ1) is 27.7. The molecule has 1 amide bonds. The number of carbonyl (C=O) groups excluding carboxylic acids is 1. The van der Waals surface area contributed by atoms with Crippen LogP contribution in [0.15, 0.2) is 78.9 Å². The van der Waals surface area contributed by atoms with Gasteiger partial charge in [-0.15, -0.1) is 11.3 Å². The second-order valence-corrected chi connectivity index (χ2v) is 11.8. The lowest BCUT2D eigenvalue weighted by molar-refractivity contribution is 0.102. The number of benzene rings is 4. The van der Waals surface area contributed by atoms with Gasteiger partial charge in [0.2, 0.25) is 0 Å². The lowest BCUT2D eigenvalue weighted by atomic mass is 9.99. The molecule has 1 aliphatic carbocycles. The van der Waals surface area contributed by atoms with Gasteiger partial charge in [0.1, 0.15) is 10.8 Å². The standard InChI is InChI=1S/C36H28FN3O3S/c1-20-16-23(36-40-29-19-24(37)11-15-32(29)44-36)10-13-27(20)39-35(41)33-25-6-4-5-7-28(25)38-34-22(9-12-26(33)34)17-21-8-14-30(42-2)31(18-21)43-3/h4-8,10-11,13-19H,9,12H2,1-3H3,(H,39,41)/b22-17+. The van der Waals surface area contributed by atoms with Gasteiger partial charge in [0.15, 0.2) is 11.5 Å². The second kappa shape index (κ2) is 11.2. The summed E-state index contributed by atoms with van der Waals surface area (Å²) in [5.74, 6) is 0.856. The predicted molar refractivity (Wildman–Crippen MR) is 175 cm³/mol. The van der Waals surface area contributed by atoms with Gasteiger partial charge in [-0.05, 0) is 96.6 Å². The van der Waals surface area contributed by atoms with Gasteiger partial charge >= 0.3 is 0 Å². The molecule has 1 N–H and O–H groups in total. The summed E-state index contributed by atoms with van der Waals surface area (Å²) in [5.41, 5.74) is 8.45. The van der Waals surface area contributed by atoms with Crippen molar-refractivity contribution < 1.29 is 18.7 Å². The summed E-state index contributed by atoms with van der Waals surface area (Å²) in [6, 6.07) is 24.1. The molecule has 0 saturated heterocycles. The van der Waals surface area contributed by atoms with Crippen LogP contribution in [0.25, 0.3) is 43.3 Å². The highest BCUT2D eigenvalue weighted by Crippen LogP contribution is 2.39. The predicted octanol–water partition coefficient (Wildman–Crippen LogP) is 8.72. The maximum Gasteiger partial charge on any atom is 0.256 e. The number of methoxy groups -OCH3 is 2. The van der Waals surface area contributed by atoms with Crippen molar-refractivity contribution >= 4 is 55.7 Å². The molecule has 2 aromatic heterocycles. The van der Waals surface area contributed by atoms with Crippen molar-refractivity contribution in [2.75, 3.05) is 19.5 Å². The molecular formula is C36H28FN3O3S. The van der Waals surface area contributed by atoms with E-state index in [4.69, 9.17) is 14.5 Å². The Morgan fingerprint density at radius 3 is 2.57 bits per heavy atom. The molecule has 2 heterocycles. The molecule has 1 aliphatic rings. The fraction of sp³-hybridized carbons (Fsp3) is 0.139. The summed E-state index contributed by atoms with van der Waals surface area (Å²) in [7, 11) is 3.24. The Labute approximate surface area is 257 Å². The number of nitrogens with one attached hydrogen (secondary N) is 1. The molecule has 6 nitrogen and oxygen atoms in total. The molecule has 0 atom stereocenters. The third kappa shape index (κ3) is 4.97. The van der Waals surface area contributed by atoms with Gasteiger partial charge < -0.3 is 14.8 Å². The third-order valence-electron chi connectivity index (χ3n) is 7.99. The number of nitrogens with zero attached hydrogens (tertiary/aromatic N) is 2. The van der Waals surface area contributed by atoms with E-state index in [0.29, 0.717) is 29.0 Å². The van der Waals surface area contributed by atoms with E-state index in [-0.39, 0.29) is 11.7 Å². The molecule has 0 radical (unpaired) electrons. The van der Waals surface area contributed by atoms with Crippen LogP contribution in [-0.4, -0.2) is 30.1 Å². The van der Waals surface area contributed by atoms with Crippen LogP contribution >= 0.6 is 11.3 Å². The molecule has 0 fully saturated rings. The zero-order valence-corrected chi connectivity index (χ0v) is 25.2. The van der Waals surface area contributed by atoms with Crippen LogP contribution in [0.3, 0.4) is 0 Å². The molecule has 8 heteroatoms. The number of para-hydroxylation sites is 1. The maximum absolute atomic E-state index is 14.0. The van der Waals surface area contributed by atoms with Crippen LogP contribution in [0.2, 0.25) is 0 Å². The van der Waals surface area contributed by atoms with Gasteiger partial charge in [0.05, 0.1) is 41.2 Å². The van der Waals surface area contributed by atoms with Crippen LogP contribution in [0.1, 0.15) is 39.2 Å². The molecular weight excluding hydrogens is 573 g/mol. The number of thiazole rings is 1. The minimum Gasteiger partial charge on any atom is -0.493 e. The number of amides is 1. The van der Waals surface area contributed by atoms with E-state index >= 15 is 0 Å². The van der Waals surface area contributed by atoms with Gasteiger partial charge in [0.25, 0.3) is 5.91 Å². The van der Waals surface area contributed by atoms with Gasteiger partial charge in [-0.1, -0.05) is 24.3 Å². The average molecular weight is 602 g/mol. The number of ether oxygens (including phenoxy) is 2. The molecule has 6 aromatic rings. The number of pyridine rings is 1. The van der Waals surface area contributed by atoms with Crippen molar-refractivity contribution in [2.45, 2.75) is 19.8 Å². The van der Waals surface area contributed by atoms with Crippen molar-refractivity contribution in [3.63, 3.8) is 0 Å². The summed E-state index contributed by atoms with van der Waals surface area (Å²) < 4.78 is 25.5. The summed E-state index contributed by atoms with van der Waals surface area (Å²) in [5, 5.41) is 4.80. The van der Waals surface area contributed by atoms with E-state index in [0.717, 1.165) is 66.2 Å². The monoisotopic (exact) mass is 601 g/mol. The number of carbonyl (C=O) groups is 1. The maximum atomic E-state index is 14.0. The van der Waals surface area contributed by atoms with Crippen LogP contribution in [0.5, 0.6) is 11.5 Å². The van der Waals surface area contributed by atoms with Gasteiger partial charge in [-0.25, -0.2) is 14.4 Å². The molecule has 0 spiro atoms. The fourth-order valence-electron chi connectivity index (χ4n) is 5.83. The van der Waals surface area contributed by atoms with Crippen molar-refractivity contribution in [3.8, 4) is 22.1 Å². The molecule has 218 valence electrons. The number of allylic oxidation sites excluding steroid dienone is 1. The Morgan fingerprint density at radius 1 is 0.909 bits per heavy atom. The summed E-state index contributed by atoms with van der Waals surface area (Å²) in [6.45, 7) is 1.96. The Morgan fingerprint density at radius 2 is 1.75 bits per heavy atom. The van der Waals surface area contributed by atoms with Crippen LogP contribution in [0, 0.1) is 12.7 Å². The first-order valence-electron chi connectivity index (χ1n) is 14.2. The second-order valence-electron chi connectivity index (χ2n) is 10.7. The average Bonchev–Trinajstić information content (AvgIpc) is 3.64. The normalized spacial score (nSPS) is 13.4. The number of hydrogen-bond acceptors (Lipinski definition) is 6. The Bertz CT molecular complexity index is 2140. The van der Waals surface area contributed by atoms with Gasteiger partial charge in [-0.2, -0.15) is 0 Å². The molecule has 0 unspecified atom stereocenters. The molecule has 4 aromatic carbocycles. The molecule has 44 heavy (non-hydrogen) atoms. The zero-order chi connectivity index (χ0) is 30.4. The number of anilines is 1. The lowest BCUT2D eigenvalue weighted by Gasteiger charge is -2.14. The van der Waals surface area contributed by atoms with Crippen molar-refractivity contribution in [1.82, 2.24) is 9.97 Å². The first-order chi connectivity index (χ1) is 21.4. The van der Waals surface area contributed by atoms with Crippen LogP contribution in [-0.2, 0) is 6.42 Å². The van der Waals surface area contributed by atoms with Gasteiger partial charge in [-0.3, -0.25) is 4.79 Å². The SMILES string of the molecule is COc1ccc(/C=C2\CCc3c2nc2ccccc2c3C(=O)Nc2ccc(-c3nc4cc(F)ccc4s3)cc2C)cc1OC. The molecule has 0 aliphatic heterocycles. The van der Waals surface area contributed by atoms with E-state index in [2.05, 4.69) is 16.4 Å². The number of halogens is 1. The Hall–Kier alpha value is -5.08. The summed E-state index contributed by atoms with van der Waals surface area (Å²) in [4.78, 5) is 23.7. The highest BCUT2D eigenvalue weighted by atomic mass is 32.1. The smallest absolute Gasteiger partial charge is 0.256 e. The zero-order valence-electron chi connectivity index (χ0n) is 24.4. The van der Waals surface area contributed by atoms with Crippen molar-refractivity contribution in [3.05, 3.63) is 113 Å². The van der Waals surface area contributed by atoms with E-state index in [1.807, 2.05) is 67.6 Å². The lowest BCUT2D eigenvalue weighted by Crippen LogP contribution is -2.16. The largest absolute Gasteiger partial charge is 0.493 e. The first-order valence-corrected chi connectivity index (χ1v) is 15.1. The molecule has 0 bridgehead atoms. The van der Waals surface area contributed by atoms with Crippen LogP contribution < -0.4 is 14.8 Å². The highest BCUT2D eigenvalue weighted by molar-refractivity contribution is 7.21. The third-order valence-corrected chi connectivity index (χ3v) is 9.07. The minimum atomic E-state index is -0.303. The van der Waals surface area contributed by atoms with Crippen molar-refractivity contribution in [2.24, 2.45) is 0 Å². The van der Waals surface area contributed by atoms with E-state index < -0.39 is 0 Å². The van der Waals surface area contributed by atoms with Gasteiger partial charge in [0, 0.05) is 22.7 Å².